The largest absolute Gasteiger partial charge is 0.351 e. The highest BCUT2D eigenvalue weighted by atomic mass is 79.9. The van der Waals surface area contributed by atoms with Crippen LogP contribution in [-0.4, -0.2) is 16.8 Å². The van der Waals surface area contributed by atoms with Gasteiger partial charge in [0.1, 0.15) is 0 Å². The first-order valence-electron chi connectivity index (χ1n) is 4.93. The molecule has 1 aliphatic carbocycles. The first-order valence-corrected chi connectivity index (χ1v) is 6.05. The Hall–Kier alpha value is -0.0500. The summed E-state index contributed by atoms with van der Waals surface area (Å²) in [7, 11) is 0. The van der Waals surface area contributed by atoms with E-state index in [4.69, 9.17) is 0 Å². The number of carbonyl (C=O) groups excluding carboxylic acids is 1. The lowest BCUT2D eigenvalue weighted by Gasteiger charge is -2.31. The fourth-order valence-electron chi connectivity index (χ4n) is 1.40. The molecule has 0 aliphatic heterocycles. The third-order valence-corrected chi connectivity index (χ3v) is 3.05. The summed E-state index contributed by atoms with van der Waals surface area (Å²) in [6.45, 7) is 4.15. The highest BCUT2D eigenvalue weighted by molar-refractivity contribution is 9.09. The van der Waals surface area contributed by atoms with Crippen LogP contribution < -0.4 is 5.32 Å². The first kappa shape index (κ1) is 11.0. The average Bonchev–Trinajstić information content (AvgIpc) is 1.79. The Morgan fingerprint density at radius 2 is 2.15 bits per heavy atom. The summed E-state index contributed by atoms with van der Waals surface area (Å²) < 4.78 is 0. The van der Waals surface area contributed by atoms with E-state index in [0.29, 0.717) is 5.92 Å². The molecule has 1 amide bonds. The number of carbonyl (C=O) groups is 1. The van der Waals surface area contributed by atoms with Gasteiger partial charge in [0.05, 0.1) is 0 Å². The summed E-state index contributed by atoms with van der Waals surface area (Å²) in [5.41, 5.74) is -0.0594. The maximum Gasteiger partial charge on any atom is 0.223 e. The van der Waals surface area contributed by atoms with Gasteiger partial charge in [-0.2, -0.15) is 0 Å². The minimum Gasteiger partial charge on any atom is -0.351 e. The van der Waals surface area contributed by atoms with Crippen LogP contribution in [0.1, 0.15) is 39.5 Å². The van der Waals surface area contributed by atoms with Crippen LogP contribution in [0.4, 0.5) is 0 Å². The molecular formula is C10H18BrNO. The lowest BCUT2D eigenvalue weighted by atomic mass is 9.84. The van der Waals surface area contributed by atoms with Crippen molar-refractivity contribution in [2.24, 2.45) is 5.92 Å². The van der Waals surface area contributed by atoms with Crippen LogP contribution in [-0.2, 0) is 4.79 Å². The molecule has 0 aromatic heterocycles. The van der Waals surface area contributed by atoms with Gasteiger partial charge in [0.25, 0.3) is 0 Å². The Morgan fingerprint density at radius 1 is 1.54 bits per heavy atom. The van der Waals surface area contributed by atoms with Crippen LogP contribution in [0.3, 0.4) is 0 Å². The third kappa shape index (κ3) is 3.29. The van der Waals surface area contributed by atoms with Crippen LogP contribution in [0.25, 0.3) is 0 Å². The standard InChI is InChI=1S/C10H18BrNO/c1-10(2,6-7-11)12-9(13)8-4-3-5-8/h8H,3-7H2,1-2H3,(H,12,13). The fourth-order valence-corrected chi connectivity index (χ4v) is 2.40. The minimum absolute atomic E-state index is 0.0594. The lowest BCUT2D eigenvalue weighted by Crippen LogP contribution is -2.47. The van der Waals surface area contributed by atoms with Gasteiger partial charge in [0, 0.05) is 16.8 Å². The van der Waals surface area contributed by atoms with E-state index in [0.717, 1.165) is 24.6 Å². The lowest BCUT2D eigenvalue weighted by molar-refractivity contribution is -0.129. The molecule has 0 atom stereocenters. The van der Waals surface area contributed by atoms with Gasteiger partial charge < -0.3 is 5.32 Å². The van der Waals surface area contributed by atoms with Crippen molar-refractivity contribution in [3.63, 3.8) is 0 Å². The van der Waals surface area contributed by atoms with Gasteiger partial charge >= 0.3 is 0 Å². The van der Waals surface area contributed by atoms with Gasteiger partial charge in [0.15, 0.2) is 0 Å². The predicted octanol–water partition coefficient (Wildman–Crippen LogP) is 2.47. The summed E-state index contributed by atoms with van der Waals surface area (Å²) in [5, 5.41) is 4.03. The monoisotopic (exact) mass is 247 g/mol. The van der Waals surface area contributed by atoms with Crippen molar-refractivity contribution in [1.82, 2.24) is 5.32 Å². The quantitative estimate of drug-likeness (QED) is 0.761. The molecule has 0 bridgehead atoms. The Bertz CT molecular complexity index is 187. The Morgan fingerprint density at radius 3 is 2.54 bits per heavy atom. The van der Waals surface area contributed by atoms with Gasteiger partial charge in [-0.05, 0) is 33.1 Å². The number of amides is 1. The Balaban J connectivity index is 2.32. The van der Waals surface area contributed by atoms with Crippen molar-refractivity contribution in [3.05, 3.63) is 0 Å². The number of hydrogen-bond acceptors (Lipinski definition) is 1. The van der Waals surface area contributed by atoms with Gasteiger partial charge in [-0.3, -0.25) is 4.79 Å². The third-order valence-electron chi connectivity index (χ3n) is 2.66. The van der Waals surface area contributed by atoms with Crippen molar-refractivity contribution in [2.75, 3.05) is 5.33 Å². The van der Waals surface area contributed by atoms with Crippen molar-refractivity contribution < 1.29 is 4.79 Å². The predicted molar refractivity (Wildman–Crippen MR) is 58.0 cm³/mol. The van der Waals surface area contributed by atoms with Crippen LogP contribution in [0.15, 0.2) is 0 Å². The van der Waals surface area contributed by atoms with Crippen molar-refractivity contribution >= 4 is 21.8 Å². The topological polar surface area (TPSA) is 29.1 Å². The summed E-state index contributed by atoms with van der Waals surface area (Å²) in [4.78, 5) is 11.6. The summed E-state index contributed by atoms with van der Waals surface area (Å²) in [6.07, 6.45) is 4.36. The highest BCUT2D eigenvalue weighted by Crippen LogP contribution is 2.27. The SMILES string of the molecule is CC(C)(CCBr)NC(=O)C1CCC1. The molecule has 3 heteroatoms. The molecule has 1 aliphatic rings. The zero-order chi connectivity index (χ0) is 9.90. The van der Waals surface area contributed by atoms with Gasteiger partial charge in [-0.15, -0.1) is 0 Å². The molecule has 13 heavy (non-hydrogen) atoms. The van der Waals surface area contributed by atoms with E-state index in [2.05, 4.69) is 35.1 Å². The summed E-state index contributed by atoms with van der Waals surface area (Å²) >= 11 is 3.39. The van der Waals surface area contributed by atoms with E-state index in [1.165, 1.54) is 6.42 Å². The van der Waals surface area contributed by atoms with Crippen molar-refractivity contribution in [3.8, 4) is 0 Å². The van der Waals surface area contributed by atoms with Crippen LogP contribution in [0, 0.1) is 5.92 Å². The van der Waals surface area contributed by atoms with Crippen LogP contribution >= 0.6 is 15.9 Å². The van der Waals surface area contributed by atoms with Crippen molar-refractivity contribution in [2.45, 2.75) is 45.1 Å². The number of hydrogen-bond donors (Lipinski definition) is 1. The van der Waals surface area contributed by atoms with Crippen molar-refractivity contribution in [1.29, 1.82) is 0 Å². The van der Waals surface area contributed by atoms with E-state index in [1.807, 2.05) is 0 Å². The second kappa shape index (κ2) is 4.45. The fraction of sp³-hybridized carbons (Fsp3) is 0.900. The van der Waals surface area contributed by atoms with Gasteiger partial charge in [-0.25, -0.2) is 0 Å². The highest BCUT2D eigenvalue weighted by Gasteiger charge is 2.29. The molecule has 1 rings (SSSR count). The maximum absolute atomic E-state index is 11.6. The average molecular weight is 248 g/mol. The van der Waals surface area contributed by atoms with E-state index >= 15 is 0 Å². The molecule has 1 N–H and O–H groups in total. The zero-order valence-electron chi connectivity index (χ0n) is 8.40. The molecule has 0 saturated heterocycles. The van der Waals surface area contributed by atoms with Crippen LogP contribution in [0.5, 0.6) is 0 Å². The van der Waals surface area contributed by atoms with Gasteiger partial charge in [-0.1, -0.05) is 22.4 Å². The van der Waals surface area contributed by atoms with Crippen LogP contribution in [0.2, 0.25) is 0 Å². The number of nitrogens with one attached hydrogen (secondary N) is 1. The molecule has 0 unspecified atom stereocenters. The Labute approximate surface area is 88.6 Å². The summed E-state index contributed by atoms with van der Waals surface area (Å²) in [6, 6.07) is 0. The number of alkyl halides is 1. The van der Waals surface area contributed by atoms with E-state index in [1.54, 1.807) is 0 Å². The molecule has 0 heterocycles. The summed E-state index contributed by atoms with van der Waals surface area (Å²) in [5.74, 6) is 0.548. The minimum atomic E-state index is -0.0594. The van der Waals surface area contributed by atoms with E-state index in [-0.39, 0.29) is 11.4 Å². The molecular weight excluding hydrogens is 230 g/mol. The normalized spacial score (nSPS) is 18.1. The second-order valence-corrected chi connectivity index (χ2v) is 5.23. The Kier molecular flexibility index (Phi) is 3.77. The molecule has 2 nitrogen and oxygen atoms in total. The molecule has 1 saturated carbocycles. The van der Waals surface area contributed by atoms with Gasteiger partial charge in [0.2, 0.25) is 5.91 Å². The zero-order valence-corrected chi connectivity index (χ0v) is 9.99. The van der Waals surface area contributed by atoms with E-state index in [9.17, 15) is 4.79 Å². The number of rotatable bonds is 4. The molecule has 1 fully saturated rings. The molecule has 76 valence electrons. The molecule has 0 spiro atoms. The second-order valence-electron chi connectivity index (χ2n) is 4.44. The number of halogens is 1. The first-order chi connectivity index (χ1) is 6.05. The molecule has 0 radical (unpaired) electrons. The molecule has 0 aromatic carbocycles. The maximum atomic E-state index is 11.6. The van der Waals surface area contributed by atoms with E-state index < -0.39 is 0 Å². The molecule has 0 aromatic rings. The smallest absolute Gasteiger partial charge is 0.223 e.